The van der Waals surface area contributed by atoms with Crippen molar-refractivity contribution in [2.75, 3.05) is 32.8 Å². The molecule has 1 aliphatic rings. The Balaban J connectivity index is 2.65. The number of nitrogens with zero attached hydrogens (tertiary/aromatic N) is 2. The van der Waals surface area contributed by atoms with E-state index < -0.39 is 0 Å². The number of likely N-dealkylation sites (N-methyl/N-ethyl adjacent to an activating group) is 1. The second-order valence-electron chi connectivity index (χ2n) is 4.81. The Hall–Kier alpha value is -1.10. The minimum atomic E-state index is -0.378. The first-order valence-electron chi connectivity index (χ1n) is 7.32. The van der Waals surface area contributed by atoms with Crippen LogP contribution in [0.1, 0.15) is 40.0 Å². The van der Waals surface area contributed by atoms with Crippen LogP contribution in [0, 0.1) is 0 Å². The van der Waals surface area contributed by atoms with Crippen molar-refractivity contribution in [3.8, 4) is 0 Å². The fourth-order valence-electron chi connectivity index (χ4n) is 2.44. The molecule has 1 fully saturated rings. The zero-order valence-corrected chi connectivity index (χ0v) is 12.4. The summed E-state index contributed by atoms with van der Waals surface area (Å²) in [6.07, 6.45) is 2.68. The smallest absolute Gasteiger partial charge is 0.328 e. The van der Waals surface area contributed by atoms with Crippen molar-refractivity contribution >= 4 is 11.9 Å². The van der Waals surface area contributed by atoms with E-state index in [1.165, 1.54) is 0 Å². The van der Waals surface area contributed by atoms with Gasteiger partial charge in [0.2, 0.25) is 5.91 Å². The lowest BCUT2D eigenvalue weighted by molar-refractivity contribution is -0.157. The summed E-state index contributed by atoms with van der Waals surface area (Å²) in [7, 11) is 0. The molecule has 5 nitrogen and oxygen atoms in total. The Morgan fingerprint density at radius 3 is 2.47 bits per heavy atom. The third-order valence-corrected chi connectivity index (χ3v) is 3.64. The molecule has 0 aliphatic carbocycles. The van der Waals surface area contributed by atoms with Crippen LogP contribution >= 0.6 is 0 Å². The van der Waals surface area contributed by atoms with E-state index in [-0.39, 0.29) is 17.9 Å². The van der Waals surface area contributed by atoms with Crippen LogP contribution in [0.15, 0.2) is 0 Å². The highest BCUT2D eigenvalue weighted by Crippen LogP contribution is 2.18. The second-order valence-corrected chi connectivity index (χ2v) is 4.81. The monoisotopic (exact) mass is 270 g/mol. The SMILES string of the molecule is CCOC(=O)C1CCCCN1C(=O)CN(CC)CC. The number of ether oxygens (including phenoxy) is 1. The molecule has 0 radical (unpaired) electrons. The van der Waals surface area contributed by atoms with E-state index in [0.29, 0.717) is 19.7 Å². The molecule has 0 N–H and O–H groups in total. The minimum absolute atomic E-state index is 0.0430. The van der Waals surface area contributed by atoms with E-state index in [9.17, 15) is 9.59 Å². The Bertz CT molecular complexity index is 303. The zero-order valence-electron chi connectivity index (χ0n) is 12.4. The van der Waals surface area contributed by atoms with Gasteiger partial charge in [0.05, 0.1) is 13.2 Å². The normalized spacial score (nSPS) is 19.6. The lowest BCUT2D eigenvalue weighted by Gasteiger charge is -2.35. The lowest BCUT2D eigenvalue weighted by atomic mass is 10.0. The summed E-state index contributed by atoms with van der Waals surface area (Å²) in [6, 6.07) is -0.378. The molecule has 0 bridgehead atoms. The van der Waals surface area contributed by atoms with Gasteiger partial charge in [-0.25, -0.2) is 4.79 Å². The number of piperidine rings is 1. The molecule has 1 rings (SSSR count). The highest BCUT2D eigenvalue weighted by Gasteiger charge is 2.33. The quantitative estimate of drug-likeness (QED) is 0.682. The zero-order chi connectivity index (χ0) is 14.3. The van der Waals surface area contributed by atoms with Gasteiger partial charge in [-0.3, -0.25) is 9.69 Å². The summed E-state index contributed by atoms with van der Waals surface area (Å²) in [4.78, 5) is 28.0. The summed E-state index contributed by atoms with van der Waals surface area (Å²) in [5.74, 6) is -0.212. The van der Waals surface area contributed by atoms with Crippen LogP contribution in [0.5, 0.6) is 0 Å². The van der Waals surface area contributed by atoms with Gasteiger partial charge in [-0.1, -0.05) is 13.8 Å². The van der Waals surface area contributed by atoms with E-state index in [1.807, 2.05) is 13.8 Å². The maximum atomic E-state index is 12.3. The Kier molecular flexibility index (Phi) is 6.84. The first kappa shape index (κ1) is 16.0. The average molecular weight is 270 g/mol. The van der Waals surface area contributed by atoms with E-state index in [2.05, 4.69) is 4.90 Å². The summed E-state index contributed by atoms with van der Waals surface area (Å²) in [5, 5.41) is 0. The van der Waals surface area contributed by atoms with Crippen LogP contribution in [-0.2, 0) is 14.3 Å². The Labute approximate surface area is 115 Å². The fraction of sp³-hybridized carbons (Fsp3) is 0.857. The Morgan fingerprint density at radius 2 is 1.89 bits per heavy atom. The van der Waals surface area contributed by atoms with Gasteiger partial charge in [-0.2, -0.15) is 0 Å². The van der Waals surface area contributed by atoms with Crippen molar-refractivity contribution in [2.45, 2.75) is 46.1 Å². The van der Waals surface area contributed by atoms with Crippen LogP contribution in [0.25, 0.3) is 0 Å². The van der Waals surface area contributed by atoms with Gasteiger partial charge in [0.1, 0.15) is 6.04 Å². The summed E-state index contributed by atoms with van der Waals surface area (Å²) < 4.78 is 5.07. The third kappa shape index (κ3) is 4.49. The predicted molar refractivity (Wildman–Crippen MR) is 73.8 cm³/mol. The molecule has 0 aromatic carbocycles. The first-order chi connectivity index (χ1) is 9.13. The number of carbonyl (C=O) groups is 2. The van der Waals surface area contributed by atoms with Crippen LogP contribution in [0.3, 0.4) is 0 Å². The van der Waals surface area contributed by atoms with E-state index in [1.54, 1.807) is 11.8 Å². The van der Waals surface area contributed by atoms with E-state index in [4.69, 9.17) is 4.74 Å². The summed E-state index contributed by atoms with van der Waals surface area (Å²) in [5.41, 5.74) is 0. The summed E-state index contributed by atoms with van der Waals surface area (Å²) in [6.45, 7) is 8.99. The molecule has 0 spiro atoms. The molecule has 0 saturated carbocycles. The van der Waals surface area contributed by atoms with Gasteiger partial charge in [-0.05, 0) is 39.3 Å². The van der Waals surface area contributed by atoms with Gasteiger partial charge >= 0.3 is 5.97 Å². The van der Waals surface area contributed by atoms with Gasteiger partial charge in [-0.15, -0.1) is 0 Å². The van der Waals surface area contributed by atoms with Gasteiger partial charge < -0.3 is 9.64 Å². The van der Waals surface area contributed by atoms with Crippen LogP contribution < -0.4 is 0 Å². The molecule has 19 heavy (non-hydrogen) atoms. The molecule has 110 valence electrons. The van der Waals surface area contributed by atoms with Crippen LogP contribution in [0.2, 0.25) is 0 Å². The van der Waals surface area contributed by atoms with Gasteiger partial charge in [0.15, 0.2) is 0 Å². The minimum Gasteiger partial charge on any atom is -0.464 e. The number of hydrogen-bond donors (Lipinski definition) is 0. The molecular formula is C14H26N2O3. The Morgan fingerprint density at radius 1 is 1.21 bits per heavy atom. The first-order valence-corrected chi connectivity index (χ1v) is 7.32. The maximum absolute atomic E-state index is 12.3. The third-order valence-electron chi connectivity index (χ3n) is 3.64. The van der Waals surface area contributed by atoms with Crippen molar-refractivity contribution < 1.29 is 14.3 Å². The topological polar surface area (TPSA) is 49.9 Å². The molecule has 5 heteroatoms. The van der Waals surface area contributed by atoms with E-state index in [0.717, 1.165) is 32.4 Å². The molecule has 0 aromatic heterocycles. The number of hydrogen-bond acceptors (Lipinski definition) is 4. The van der Waals surface area contributed by atoms with Crippen LogP contribution in [-0.4, -0.2) is 60.5 Å². The van der Waals surface area contributed by atoms with Crippen molar-refractivity contribution in [1.82, 2.24) is 9.80 Å². The van der Waals surface area contributed by atoms with Crippen molar-refractivity contribution in [2.24, 2.45) is 0 Å². The standard InChI is InChI=1S/C14H26N2O3/c1-4-15(5-2)11-13(17)16-10-8-7-9-12(16)14(18)19-6-3/h12H,4-11H2,1-3H3. The molecule has 1 atom stereocenters. The average Bonchev–Trinajstić information content (AvgIpc) is 2.44. The molecule has 1 amide bonds. The highest BCUT2D eigenvalue weighted by atomic mass is 16.5. The van der Waals surface area contributed by atoms with Crippen molar-refractivity contribution in [3.63, 3.8) is 0 Å². The molecular weight excluding hydrogens is 244 g/mol. The molecule has 0 aromatic rings. The van der Waals surface area contributed by atoms with E-state index >= 15 is 0 Å². The maximum Gasteiger partial charge on any atom is 0.328 e. The molecule has 1 unspecified atom stereocenters. The summed E-state index contributed by atoms with van der Waals surface area (Å²) >= 11 is 0. The molecule has 1 heterocycles. The molecule has 1 saturated heterocycles. The van der Waals surface area contributed by atoms with Crippen LogP contribution in [0.4, 0.5) is 0 Å². The molecule has 1 aliphatic heterocycles. The largest absolute Gasteiger partial charge is 0.464 e. The highest BCUT2D eigenvalue weighted by molar-refractivity contribution is 5.85. The lowest BCUT2D eigenvalue weighted by Crippen LogP contribution is -2.51. The predicted octanol–water partition coefficient (Wildman–Crippen LogP) is 1.27. The van der Waals surface area contributed by atoms with Gasteiger partial charge in [0, 0.05) is 6.54 Å². The number of likely N-dealkylation sites (tertiary alicyclic amines) is 1. The number of rotatable bonds is 6. The number of amides is 1. The van der Waals surface area contributed by atoms with Crippen molar-refractivity contribution in [3.05, 3.63) is 0 Å². The van der Waals surface area contributed by atoms with Crippen molar-refractivity contribution in [1.29, 1.82) is 0 Å². The fourth-order valence-corrected chi connectivity index (χ4v) is 2.44. The van der Waals surface area contributed by atoms with Gasteiger partial charge in [0.25, 0.3) is 0 Å². The number of carbonyl (C=O) groups excluding carboxylic acids is 2. The second kappa shape index (κ2) is 8.15. The number of esters is 1.